The van der Waals surface area contributed by atoms with Gasteiger partial charge in [-0.25, -0.2) is 23.2 Å². The second-order valence-corrected chi connectivity index (χ2v) is 17.8. The highest BCUT2D eigenvalue weighted by Gasteiger charge is 2.62. The number of aromatic nitrogens is 2. The summed E-state index contributed by atoms with van der Waals surface area (Å²) < 4.78 is 39.1. The van der Waals surface area contributed by atoms with Gasteiger partial charge in [0, 0.05) is 42.8 Å². The molecule has 3 N–H and O–H groups in total. The third-order valence-electron chi connectivity index (χ3n) is 10.1. The van der Waals surface area contributed by atoms with E-state index in [-0.39, 0.29) is 25.4 Å². The molecule has 3 atom stereocenters. The Balaban J connectivity index is 1.27. The Morgan fingerprint density at radius 2 is 1.96 bits per heavy atom. The van der Waals surface area contributed by atoms with Gasteiger partial charge in [0.2, 0.25) is 15.9 Å². The number of methoxy groups -OCH3 is 1. The van der Waals surface area contributed by atoms with Crippen LogP contribution in [0.4, 0.5) is 4.79 Å². The summed E-state index contributed by atoms with van der Waals surface area (Å²) in [6.45, 7) is 6.19. The Morgan fingerprint density at radius 3 is 2.65 bits per heavy atom. The lowest BCUT2D eigenvalue weighted by atomic mass is 10.1. The molecular formula is C36H45ClN6O7S2. The van der Waals surface area contributed by atoms with Gasteiger partial charge in [0.1, 0.15) is 38.8 Å². The molecule has 2 aliphatic carbocycles. The molecule has 280 valence electrons. The van der Waals surface area contributed by atoms with E-state index in [4.69, 9.17) is 31.0 Å². The normalized spacial score (nSPS) is 23.9. The Bertz CT molecular complexity index is 2010. The molecule has 3 heterocycles. The van der Waals surface area contributed by atoms with Gasteiger partial charge in [-0.3, -0.25) is 14.3 Å². The van der Waals surface area contributed by atoms with Gasteiger partial charge in [-0.15, -0.1) is 11.3 Å². The quantitative estimate of drug-likeness (QED) is 0.224. The Labute approximate surface area is 312 Å². The standard InChI is InChI=1S/C36H45ClN6O7S2/c1-21(2)26-20-51-32(39-26)25-18-28(23-11-12-27(49-5)29(37)30(23)38-25)50-17-13-24-31(44)41-36(33(45)42-52(47,48)35(3)14-15-35)19-22(36)10-8-6-7-9-16-43(4)34(46)40-24/h8,10-12,18,20-22,24H,6-7,9,13-17,19H2,1-5H3,(H,40,46)(H,41,44)(H,42,45)/b10-8-/t22?,24?,36-/m1/s1. The van der Waals surface area contributed by atoms with E-state index in [9.17, 15) is 22.8 Å². The molecule has 0 radical (unpaired) electrons. The number of hydrogen-bond acceptors (Lipinski definition) is 10. The van der Waals surface area contributed by atoms with Crippen molar-refractivity contribution in [2.45, 2.75) is 88.0 Å². The Morgan fingerprint density at radius 1 is 1.19 bits per heavy atom. The number of ether oxygens (including phenoxy) is 2. The van der Waals surface area contributed by atoms with Crippen LogP contribution in [0, 0.1) is 5.92 Å². The summed E-state index contributed by atoms with van der Waals surface area (Å²) in [4.78, 5) is 52.1. The summed E-state index contributed by atoms with van der Waals surface area (Å²) in [7, 11) is -0.772. The van der Waals surface area contributed by atoms with Crippen molar-refractivity contribution >= 4 is 61.7 Å². The molecular weight excluding hydrogens is 728 g/mol. The van der Waals surface area contributed by atoms with E-state index in [1.165, 1.54) is 23.3 Å². The van der Waals surface area contributed by atoms with Crippen molar-refractivity contribution in [1.82, 2.24) is 30.2 Å². The number of carbonyl (C=O) groups excluding carboxylic acids is 3. The molecule has 2 aromatic heterocycles. The molecule has 0 saturated heterocycles. The van der Waals surface area contributed by atoms with Gasteiger partial charge >= 0.3 is 6.03 Å². The molecule has 52 heavy (non-hydrogen) atoms. The molecule has 0 spiro atoms. The van der Waals surface area contributed by atoms with Crippen LogP contribution in [0.3, 0.4) is 0 Å². The first-order valence-electron chi connectivity index (χ1n) is 17.5. The molecule has 13 nitrogen and oxygen atoms in total. The van der Waals surface area contributed by atoms with Crippen LogP contribution in [-0.2, 0) is 19.6 Å². The number of thiazole rings is 1. The largest absolute Gasteiger partial charge is 0.495 e. The Hall–Kier alpha value is -3.95. The zero-order valence-electron chi connectivity index (χ0n) is 30.0. The minimum atomic E-state index is -3.95. The van der Waals surface area contributed by atoms with Crippen molar-refractivity contribution in [2.75, 3.05) is 27.3 Å². The number of rotatable bonds is 10. The van der Waals surface area contributed by atoms with Gasteiger partial charge in [0.25, 0.3) is 5.91 Å². The van der Waals surface area contributed by atoms with Crippen LogP contribution in [0.25, 0.3) is 21.6 Å². The number of benzene rings is 1. The number of nitrogens with zero attached hydrogens (tertiary/aromatic N) is 3. The molecule has 16 heteroatoms. The maximum Gasteiger partial charge on any atom is 0.317 e. The van der Waals surface area contributed by atoms with Gasteiger partial charge < -0.3 is 25.0 Å². The average molecular weight is 773 g/mol. The molecule has 3 aliphatic rings. The van der Waals surface area contributed by atoms with E-state index in [0.717, 1.165) is 25.0 Å². The van der Waals surface area contributed by atoms with Gasteiger partial charge in [0.15, 0.2) is 0 Å². The number of urea groups is 1. The van der Waals surface area contributed by atoms with E-state index < -0.39 is 50.1 Å². The maximum absolute atomic E-state index is 14.0. The van der Waals surface area contributed by atoms with E-state index in [1.54, 1.807) is 32.2 Å². The number of pyridine rings is 1. The number of fused-ring (bicyclic) bond motifs is 2. The third kappa shape index (κ3) is 7.72. The van der Waals surface area contributed by atoms with Crippen molar-refractivity contribution in [2.24, 2.45) is 5.92 Å². The van der Waals surface area contributed by atoms with Crippen LogP contribution in [-0.4, -0.2) is 84.8 Å². The fourth-order valence-corrected chi connectivity index (χ4v) is 8.66. The van der Waals surface area contributed by atoms with Crippen molar-refractivity contribution in [3.63, 3.8) is 0 Å². The molecule has 2 unspecified atom stereocenters. The maximum atomic E-state index is 14.0. The topological polar surface area (TPSA) is 169 Å². The second-order valence-electron chi connectivity index (χ2n) is 14.4. The predicted molar refractivity (Wildman–Crippen MR) is 200 cm³/mol. The average Bonchev–Trinajstić information content (AvgIpc) is 3.96. The summed E-state index contributed by atoms with van der Waals surface area (Å²) in [6.07, 6.45) is 7.26. The number of carbonyl (C=O) groups is 3. The van der Waals surface area contributed by atoms with Crippen molar-refractivity contribution in [1.29, 1.82) is 0 Å². The van der Waals surface area contributed by atoms with Gasteiger partial charge in [-0.2, -0.15) is 0 Å². The summed E-state index contributed by atoms with van der Waals surface area (Å²) in [5, 5.41) is 9.25. The molecule has 0 bridgehead atoms. The van der Waals surface area contributed by atoms with E-state index >= 15 is 0 Å². The first-order chi connectivity index (χ1) is 24.7. The third-order valence-corrected chi connectivity index (χ3v) is 13.5. The fourth-order valence-electron chi connectivity index (χ4n) is 6.12. The molecule has 1 aliphatic heterocycles. The minimum absolute atomic E-state index is 0.0192. The van der Waals surface area contributed by atoms with Gasteiger partial charge in [0.05, 0.1) is 29.7 Å². The highest BCUT2D eigenvalue weighted by Crippen LogP contribution is 2.47. The number of hydrogen-bond donors (Lipinski definition) is 3. The number of allylic oxidation sites excluding steroid dienone is 1. The second kappa shape index (κ2) is 14.8. The van der Waals surface area contributed by atoms with Gasteiger partial charge in [-0.05, 0) is 63.5 Å². The zero-order chi connectivity index (χ0) is 37.4. The van der Waals surface area contributed by atoms with Crippen molar-refractivity contribution in [3.8, 4) is 22.2 Å². The fraction of sp³-hybridized carbons (Fsp3) is 0.528. The molecule has 2 fully saturated rings. The zero-order valence-corrected chi connectivity index (χ0v) is 32.3. The van der Waals surface area contributed by atoms with E-state index in [1.807, 2.05) is 17.5 Å². The van der Waals surface area contributed by atoms with Crippen LogP contribution in [0.15, 0.2) is 35.7 Å². The first-order valence-corrected chi connectivity index (χ1v) is 20.2. The summed E-state index contributed by atoms with van der Waals surface area (Å²) in [5.74, 6) is -0.691. The summed E-state index contributed by atoms with van der Waals surface area (Å²) >= 11 is 8.18. The molecule has 6 rings (SSSR count). The van der Waals surface area contributed by atoms with E-state index in [0.29, 0.717) is 57.5 Å². The van der Waals surface area contributed by atoms with Crippen LogP contribution < -0.4 is 24.8 Å². The number of sulfonamides is 1. The molecule has 1 aromatic carbocycles. The number of nitrogens with one attached hydrogen (secondary N) is 3. The van der Waals surface area contributed by atoms with E-state index in [2.05, 4.69) is 29.2 Å². The predicted octanol–water partition coefficient (Wildman–Crippen LogP) is 5.54. The SMILES string of the molecule is COc1ccc2c(OCCC3NC(=O)N(C)CCCC/C=C\C4C[C@@]4(C(=O)NS(=O)(=O)C4(C)CC4)NC3=O)cc(-c3nc(C(C)C)cs3)nc2c1Cl. The molecule has 4 amide bonds. The van der Waals surface area contributed by atoms with Crippen molar-refractivity contribution < 1.29 is 32.3 Å². The van der Waals surface area contributed by atoms with Crippen LogP contribution in [0.2, 0.25) is 5.02 Å². The lowest BCUT2D eigenvalue weighted by molar-refractivity contribution is -0.130. The monoisotopic (exact) mass is 772 g/mol. The molecule has 3 aromatic rings. The number of halogens is 1. The first kappa shape index (κ1) is 37.8. The van der Waals surface area contributed by atoms with Crippen molar-refractivity contribution in [3.05, 3.63) is 46.4 Å². The highest BCUT2D eigenvalue weighted by atomic mass is 35.5. The highest BCUT2D eigenvalue weighted by molar-refractivity contribution is 7.91. The van der Waals surface area contributed by atoms with Crippen LogP contribution in [0.5, 0.6) is 11.5 Å². The Kier molecular flexibility index (Phi) is 10.8. The van der Waals surface area contributed by atoms with Gasteiger partial charge in [-0.1, -0.05) is 37.6 Å². The molecule has 2 saturated carbocycles. The minimum Gasteiger partial charge on any atom is -0.495 e. The summed E-state index contributed by atoms with van der Waals surface area (Å²) in [6, 6.07) is 3.71. The summed E-state index contributed by atoms with van der Waals surface area (Å²) in [5.41, 5.74) is 0.466. The lowest BCUT2D eigenvalue weighted by Gasteiger charge is -2.26. The lowest BCUT2D eigenvalue weighted by Crippen LogP contribution is -2.58. The number of amides is 4. The van der Waals surface area contributed by atoms with Crippen LogP contribution >= 0.6 is 22.9 Å². The smallest absolute Gasteiger partial charge is 0.317 e. The van der Waals surface area contributed by atoms with Crippen LogP contribution in [0.1, 0.15) is 77.3 Å².